The molecule has 2 heteroatoms. The van der Waals surface area contributed by atoms with Crippen LogP contribution in [-0.4, -0.2) is 12.4 Å². The van der Waals surface area contributed by atoms with Crippen LogP contribution in [0.3, 0.4) is 0 Å². The van der Waals surface area contributed by atoms with E-state index in [4.69, 9.17) is 4.18 Å². The zero-order valence-electron chi connectivity index (χ0n) is 7.41. The van der Waals surface area contributed by atoms with Gasteiger partial charge in [-0.3, -0.25) is 0 Å². The molecule has 1 aromatic rings. The summed E-state index contributed by atoms with van der Waals surface area (Å²) in [4.78, 5) is 1.41. The summed E-state index contributed by atoms with van der Waals surface area (Å²) in [5.74, 6) is 0. The van der Waals surface area contributed by atoms with Gasteiger partial charge in [-0.1, -0.05) is 18.2 Å². The van der Waals surface area contributed by atoms with Gasteiger partial charge in [-0.05, 0) is 13.0 Å². The SMILES string of the molecule is CO[S+]1c2ccccc2CC1C. The van der Waals surface area contributed by atoms with Crippen molar-refractivity contribution < 1.29 is 4.18 Å². The average Bonchev–Trinajstić information content (AvgIpc) is 2.40. The summed E-state index contributed by atoms with van der Waals surface area (Å²) in [6.45, 7) is 2.26. The van der Waals surface area contributed by atoms with E-state index in [-0.39, 0.29) is 11.2 Å². The molecule has 0 radical (unpaired) electrons. The molecule has 1 aliphatic heterocycles. The lowest BCUT2D eigenvalue weighted by Crippen LogP contribution is -2.14. The quantitative estimate of drug-likeness (QED) is 0.603. The van der Waals surface area contributed by atoms with Gasteiger partial charge >= 0.3 is 0 Å². The highest BCUT2D eigenvalue weighted by atomic mass is 32.2. The van der Waals surface area contributed by atoms with Crippen LogP contribution in [0.4, 0.5) is 0 Å². The summed E-state index contributed by atoms with van der Waals surface area (Å²) >= 11 is 0.0460. The first-order chi connectivity index (χ1) is 5.83. The maximum atomic E-state index is 5.48. The zero-order valence-corrected chi connectivity index (χ0v) is 8.23. The van der Waals surface area contributed by atoms with Gasteiger partial charge < -0.3 is 0 Å². The van der Waals surface area contributed by atoms with Crippen LogP contribution in [0.5, 0.6) is 0 Å². The summed E-state index contributed by atoms with van der Waals surface area (Å²) in [7, 11) is 1.81. The van der Waals surface area contributed by atoms with Crippen molar-refractivity contribution in [3.8, 4) is 0 Å². The summed E-state index contributed by atoms with van der Waals surface area (Å²) in [6, 6.07) is 8.59. The van der Waals surface area contributed by atoms with Crippen molar-refractivity contribution in [2.75, 3.05) is 7.11 Å². The monoisotopic (exact) mass is 181 g/mol. The lowest BCUT2D eigenvalue weighted by atomic mass is 10.1. The smallest absolute Gasteiger partial charge is 0.171 e. The Hall–Kier alpha value is -0.470. The van der Waals surface area contributed by atoms with Crippen molar-refractivity contribution in [3.05, 3.63) is 29.8 Å². The van der Waals surface area contributed by atoms with Gasteiger partial charge in [0.1, 0.15) is 0 Å². The van der Waals surface area contributed by atoms with Gasteiger partial charge in [0.2, 0.25) is 0 Å². The number of benzene rings is 1. The van der Waals surface area contributed by atoms with Crippen molar-refractivity contribution in [2.24, 2.45) is 0 Å². The van der Waals surface area contributed by atoms with Crippen molar-refractivity contribution in [2.45, 2.75) is 23.5 Å². The molecule has 64 valence electrons. The molecule has 12 heavy (non-hydrogen) atoms. The van der Waals surface area contributed by atoms with Crippen LogP contribution in [0.15, 0.2) is 29.2 Å². The zero-order chi connectivity index (χ0) is 8.55. The largest absolute Gasteiger partial charge is 0.193 e. The highest BCUT2D eigenvalue weighted by Crippen LogP contribution is 2.32. The lowest BCUT2D eigenvalue weighted by molar-refractivity contribution is 0.469. The summed E-state index contributed by atoms with van der Waals surface area (Å²) in [5.41, 5.74) is 1.47. The molecule has 1 nitrogen and oxygen atoms in total. The van der Waals surface area contributed by atoms with Gasteiger partial charge in [-0.2, -0.15) is 4.18 Å². The summed E-state index contributed by atoms with van der Waals surface area (Å²) in [5, 5.41) is 0.660. The van der Waals surface area contributed by atoms with E-state index in [1.165, 1.54) is 16.9 Å². The molecule has 1 aliphatic rings. The van der Waals surface area contributed by atoms with E-state index in [0.717, 1.165) is 0 Å². The van der Waals surface area contributed by atoms with Crippen LogP contribution in [0, 0.1) is 0 Å². The fraction of sp³-hybridized carbons (Fsp3) is 0.400. The van der Waals surface area contributed by atoms with Crippen LogP contribution in [0.2, 0.25) is 0 Å². The molecule has 0 saturated carbocycles. The van der Waals surface area contributed by atoms with Crippen molar-refractivity contribution in [3.63, 3.8) is 0 Å². The third-order valence-corrected chi connectivity index (χ3v) is 4.33. The maximum Gasteiger partial charge on any atom is 0.193 e. The molecule has 0 aromatic heterocycles. The first-order valence-corrected chi connectivity index (χ1v) is 5.39. The molecule has 0 amide bonds. The van der Waals surface area contributed by atoms with Gasteiger partial charge in [-0.15, -0.1) is 0 Å². The van der Waals surface area contributed by atoms with E-state index in [1.54, 1.807) is 0 Å². The van der Waals surface area contributed by atoms with E-state index < -0.39 is 0 Å². The van der Waals surface area contributed by atoms with E-state index in [1.807, 2.05) is 7.11 Å². The molecule has 0 fully saturated rings. The van der Waals surface area contributed by atoms with E-state index >= 15 is 0 Å². The van der Waals surface area contributed by atoms with Crippen molar-refractivity contribution in [1.29, 1.82) is 0 Å². The van der Waals surface area contributed by atoms with Gasteiger partial charge in [0.15, 0.2) is 21.3 Å². The second kappa shape index (κ2) is 3.11. The molecule has 1 heterocycles. The van der Waals surface area contributed by atoms with Crippen LogP contribution >= 0.6 is 0 Å². The highest BCUT2D eigenvalue weighted by molar-refractivity contribution is 7.93. The predicted molar refractivity (Wildman–Crippen MR) is 52.2 cm³/mol. The molecule has 1 aromatic carbocycles. The Morgan fingerprint density at radius 1 is 1.42 bits per heavy atom. The molecule has 2 unspecified atom stereocenters. The van der Waals surface area contributed by atoms with E-state index in [9.17, 15) is 0 Å². The average molecular weight is 181 g/mol. The van der Waals surface area contributed by atoms with Gasteiger partial charge in [0, 0.05) is 12.0 Å². The second-order valence-electron chi connectivity index (χ2n) is 3.09. The minimum atomic E-state index is 0.0460. The van der Waals surface area contributed by atoms with Gasteiger partial charge in [0.25, 0.3) is 0 Å². The molecule has 0 aliphatic carbocycles. The fourth-order valence-electron chi connectivity index (χ4n) is 1.72. The standard InChI is InChI=1S/C10H13OS/c1-8-7-9-5-3-4-6-10(9)12(8)11-2/h3-6,8H,7H2,1-2H3/q+1. The highest BCUT2D eigenvalue weighted by Gasteiger charge is 2.40. The Labute approximate surface area is 76.3 Å². The Morgan fingerprint density at radius 3 is 2.92 bits per heavy atom. The van der Waals surface area contributed by atoms with Gasteiger partial charge in [0.05, 0.1) is 7.11 Å². The molecular formula is C10H13OS+. The lowest BCUT2D eigenvalue weighted by Gasteiger charge is -2.00. The summed E-state index contributed by atoms with van der Waals surface area (Å²) < 4.78 is 5.48. The van der Waals surface area contributed by atoms with Gasteiger partial charge in [-0.25, -0.2) is 0 Å². The van der Waals surface area contributed by atoms with Crippen molar-refractivity contribution >= 4 is 11.2 Å². The topological polar surface area (TPSA) is 9.23 Å². The fourth-order valence-corrected chi connectivity index (χ4v) is 3.62. The Kier molecular flexibility index (Phi) is 2.11. The third kappa shape index (κ3) is 1.15. The molecule has 2 atom stereocenters. The number of fused-ring (bicyclic) bond motifs is 1. The van der Waals surface area contributed by atoms with E-state index in [0.29, 0.717) is 5.25 Å². The summed E-state index contributed by atoms with van der Waals surface area (Å²) in [6.07, 6.45) is 1.17. The van der Waals surface area contributed by atoms with E-state index in [2.05, 4.69) is 31.2 Å². The van der Waals surface area contributed by atoms with Crippen molar-refractivity contribution in [1.82, 2.24) is 0 Å². The predicted octanol–water partition coefficient (Wildman–Crippen LogP) is 2.17. The minimum Gasteiger partial charge on any atom is -0.171 e. The first-order valence-electron chi connectivity index (χ1n) is 4.18. The first kappa shape index (κ1) is 8.14. The molecule has 0 saturated heterocycles. The number of hydrogen-bond acceptors (Lipinski definition) is 1. The molecule has 2 rings (SSSR count). The van der Waals surface area contributed by atoms with Crippen LogP contribution in [-0.2, 0) is 21.8 Å². The number of rotatable bonds is 1. The van der Waals surface area contributed by atoms with Crippen LogP contribution in [0.25, 0.3) is 0 Å². The number of hydrogen-bond donors (Lipinski definition) is 0. The Bertz CT molecular complexity index is 285. The maximum absolute atomic E-state index is 5.48. The Morgan fingerprint density at radius 2 is 2.17 bits per heavy atom. The minimum absolute atomic E-state index is 0.0460. The van der Waals surface area contributed by atoms with Crippen LogP contribution in [0.1, 0.15) is 12.5 Å². The molecule has 0 N–H and O–H groups in total. The Balaban J connectivity index is 2.40. The third-order valence-electron chi connectivity index (χ3n) is 2.24. The second-order valence-corrected chi connectivity index (χ2v) is 5.26. The van der Waals surface area contributed by atoms with Crippen LogP contribution < -0.4 is 0 Å². The molecular weight excluding hydrogens is 168 g/mol. The molecule has 0 spiro atoms. The normalized spacial score (nSPS) is 27.2. The molecule has 0 bridgehead atoms.